The van der Waals surface area contributed by atoms with Crippen LogP contribution in [-0.4, -0.2) is 21.9 Å². The molecule has 1 aromatic carbocycles. The van der Waals surface area contributed by atoms with Crippen LogP contribution in [0.4, 0.5) is 11.6 Å². The molecule has 2 aromatic rings. The second-order valence-corrected chi connectivity index (χ2v) is 5.23. The van der Waals surface area contributed by atoms with Gasteiger partial charge in [0.25, 0.3) is 0 Å². The van der Waals surface area contributed by atoms with Gasteiger partial charge in [-0.2, -0.15) is 0 Å². The molecule has 5 heteroatoms. The van der Waals surface area contributed by atoms with Gasteiger partial charge in [0.1, 0.15) is 6.04 Å². The summed E-state index contributed by atoms with van der Waals surface area (Å²) in [6.07, 6.45) is 1.48. The lowest BCUT2D eigenvalue weighted by molar-refractivity contribution is -0.117. The van der Waals surface area contributed by atoms with Crippen LogP contribution in [0.1, 0.15) is 23.9 Å². The third kappa shape index (κ3) is 2.86. The Morgan fingerprint density at radius 1 is 1.33 bits per heavy atom. The van der Waals surface area contributed by atoms with Gasteiger partial charge in [-0.25, -0.2) is 9.97 Å². The molecular formula is C16H18N4O. The fourth-order valence-corrected chi connectivity index (χ4v) is 2.50. The van der Waals surface area contributed by atoms with Gasteiger partial charge in [-0.3, -0.25) is 4.79 Å². The van der Waals surface area contributed by atoms with E-state index in [9.17, 15) is 4.79 Å². The number of aromatic nitrogens is 2. The predicted octanol–water partition coefficient (Wildman–Crippen LogP) is 2.32. The first-order valence-electron chi connectivity index (χ1n) is 7.15. The second kappa shape index (κ2) is 5.52. The maximum Gasteiger partial charge on any atom is 0.247 e. The van der Waals surface area contributed by atoms with Crippen molar-refractivity contribution in [1.29, 1.82) is 0 Å². The van der Waals surface area contributed by atoms with Crippen LogP contribution < -0.4 is 10.6 Å². The highest BCUT2D eigenvalue weighted by Gasteiger charge is 2.26. The molecule has 3 rings (SSSR count). The van der Waals surface area contributed by atoms with Crippen LogP contribution in [0.25, 0.3) is 0 Å². The molecule has 5 nitrogen and oxygen atoms in total. The minimum atomic E-state index is -0.341. The van der Waals surface area contributed by atoms with Crippen molar-refractivity contribution in [2.45, 2.75) is 32.7 Å². The van der Waals surface area contributed by atoms with Gasteiger partial charge in [0.2, 0.25) is 11.9 Å². The van der Waals surface area contributed by atoms with Crippen molar-refractivity contribution in [3.63, 3.8) is 0 Å². The Kier molecular flexibility index (Phi) is 3.56. The molecule has 21 heavy (non-hydrogen) atoms. The van der Waals surface area contributed by atoms with Gasteiger partial charge in [0.05, 0.1) is 0 Å². The highest BCUT2D eigenvalue weighted by Crippen LogP contribution is 2.23. The number of aryl methyl sites for hydroxylation is 2. The van der Waals surface area contributed by atoms with Crippen molar-refractivity contribution >= 4 is 17.5 Å². The molecule has 0 saturated heterocycles. The molecule has 0 radical (unpaired) electrons. The number of nitrogens with one attached hydrogen (secondary N) is 2. The molecule has 0 bridgehead atoms. The first-order valence-corrected chi connectivity index (χ1v) is 7.15. The number of hydrogen-bond donors (Lipinski definition) is 2. The molecule has 1 atom stereocenters. The number of fused-ring (bicyclic) bond motifs is 1. The number of anilines is 2. The molecule has 1 amide bonds. The van der Waals surface area contributed by atoms with Gasteiger partial charge in [-0.1, -0.05) is 25.1 Å². The van der Waals surface area contributed by atoms with Crippen LogP contribution in [0, 0.1) is 6.92 Å². The summed E-state index contributed by atoms with van der Waals surface area (Å²) in [5.41, 5.74) is 3.89. The number of para-hydroxylation sites is 1. The maximum absolute atomic E-state index is 12.2. The van der Waals surface area contributed by atoms with Gasteiger partial charge in [-0.15, -0.1) is 0 Å². The predicted molar refractivity (Wildman–Crippen MR) is 82.3 cm³/mol. The smallest absolute Gasteiger partial charge is 0.247 e. The van der Waals surface area contributed by atoms with Crippen LogP contribution in [0.2, 0.25) is 0 Å². The van der Waals surface area contributed by atoms with Crippen LogP contribution in [0.5, 0.6) is 0 Å². The fourth-order valence-electron chi connectivity index (χ4n) is 2.50. The van der Waals surface area contributed by atoms with E-state index < -0.39 is 0 Å². The molecule has 0 aliphatic carbocycles. The van der Waals surface area contributed by atoms with Crippen molar-refractivity contribution in [3.05, 3.63) is 47.3 Å². The van der Waals surface area contributed by atoms with Crippen molar-refractivity contribution in [1.82, 2.24) is 9.97 Å². The third-order valence-corrected chi connectivity index (χ3v) is 3.59. The molecule has 1 aromatic heterocycles. The zero-order valence-corrected chi connectivity index (χ0v) is 12.2. The van der Waals surface area contributed by atoms with Gasteiger partial charge in [0.15, 0.2) is 0 Å². The number of rotatable bonds is 3. The number of carbonyl (C=O) groups is 1. The fraction of sp³-hybridized carbons (Fsp3) is 0.312. The third-order valence-electron chi connectivity index (χ3n) is 3.59. The molecule has 2 heterocycles. The zero-order valence-electron chi connectivity index (χ0n) is 12.2. The molecule has 2 N–H and O–H groups in total. The minimum absolute atomic E-state index is 0.0446. The summed E-state index contributed by atoms with van der Waals surface area (Å²) in [5, 5.41) is 6.07. The summed E-state index contributed by atoms with van der Waals surface area (Å²) in [7, 11) is 0. The topological polar surface area (TPSA) is 66.9 Å². The average Bonchev–Trinajstić information content (AvgIpc) is 2.47. The van der Waals surface area contributed by atoms with E-state index in [-0.39, 0.29) is 11.9 Å². The second-order valence-electron chi connectivity index (χ2n) is 5.23. The Hall–Kier alpha value is -2.43. The number of nitrogens with zero attached hydrogens (tertiary/aromatic N) is 2. The van der Waals surface area contributed by atoms with Crippen LogP contribution in [-0.2, 0) is 17.6 Å². The lowest BCUT2D eigenvalue weighted by Gasteiger charge is -2.25. The van der Waals surface area contributed by atoms with Crippen LogP contribution >= 0.6 is 0 Å². The number of amides is 1. The van der Waals surface area contributed by atoms with Gasteiger partial charge in [0, 0.05) is 23.5 Å². The van der Waals surface area contributed by atoms with Crippen molar-refractivity contribution in [3.8, 4) is 0 Å². The van der Waals surface area contributed by atoms with E-state index in [2.05, 4.69) is 27.5 Å². The Morgan fingerprint density at radius 3 is 2.95 bits per heavy atom. The van der Waals surface area contributed by atoms with Crippen molar-refractivity contribution < 1.29 is 4.79 Å². The summed E-state index contributed by atoms with van der Waals surface area (Å²) in [6.45, 7) is 3.98. The van der Waals surface area contributed by atoms with E-state index in [1.807, 2.05) is 37.3 Å². The lowest BCUT2D eigenvalue weighted by atomic mass is 9.99. The number of benzene rings is 1. The molecule has 0 spiro atoms. The highest BCUT2D eigenvalue weighted by molar-refractivity contribution is 5.99. The summed E-state index contributed by atoms with van der Waals surface area (Å²) in [5.74, 6) is 0.475. The Bertz CT molecular complexity index is 684. The maximum atomic E-state index is 12.2. The number of hydrogen-bond acceptors (Lipinski definition) is 4. The monoisotopic (exact) mass is 282 g/mol. The van der Waals surface area contributed by atoms with Crippen molar-refractivity contribution in [2.75, 3.05) is 10.6 Å². The largest absolute Gasteiger partial charge is 0.342 e. The molecule has 1 unspecified atom stereocenters. The average molecular weight is 282 g/mol. The lowest BCUT2D eigenvalue weighted by Crippen LogP contribution is -2.40. The van der Waals surface area contributed by atoms with Gasteiger partial charge in [-0.05, 0) is 31.0 Å². The van der Waals surface area contributed by atoms with Gasteiger partial charge >= 0.3 is 0 Å². The van der Waals surface area contributed by atoms with Crippen molar-refractivity contribution in [2.24, 2.45) is 0 Å². The first-order chi connectivity index (χ1) is 10.2. The molecular weight excluding hydrogens is 264 g/mol. The van der Waals surface area contributed by atoms with Gasteiger partial charge < -0.3 is 10.6 Å². The van der Waals surface area contributed by atoms with E-state index in [0.717, 1.165) is 29.1 Å². The van der Waals surface area contributed by atoms with E-state index in [1.54, 1.807) is 0 Å². The SMILES string of the molecule is CCc1cc(C)nc(NC2Cc3ccccc3NC2=O)n1. The normalized spacial score (nSPS) is 17.0. The summed E-state index contributed by atoms with van der Waals surface area (Å²) in [6, 6.07) is 9.46. The Labute approximate surface area is 123 Å². The molecule has 108 valence electrons. The minimum Gasteiger partial charge on any atom is -0.342 e. The summed E-state index contributed by atoms with van der Waals surface area (Å²) >= 11 is 0. The molecule has 0 saturated carbocycles. The summed E-state index contributed by atoms with van der Waals surface area (Å²) in [4.78, 5) is 21.0. The first kappa shape index (κ1) is 13.5. The van der Waals surface area contributed by atoms with Crippen LogP contribution in [0.15, 0.2) is 30.3 Å². The highest BCUT2D eigenvalue weighted by atomic mass is 16.2. The zero-order chi connectivity index (χ0) is 14.8. The Morgan fingerprint density at radius 2 is 2.14 bits per heavy atom. The van der Waals surface area contributed by atoms with E-state index in [1.165, 1.54) is 0 Å². The van der Waals surface area contributed by atoms with Crippen LogP contribution in [0.3, 0.4) is 0 Å². The molecule has 1 aliphatic heterocycles. The quantitative estimate of drug-likeness (QED) is 0.906. The molecule has 1 aliphatic rings. The summed E-state index contributed by atoms with van der Waals surface area (Å²) < 4.78 is 0. The number of carbonyl (C=O) groups excluding carboxylic acids is 1. The Balaban J connectivity index is 1.82. The molecule has 0 fully saturated rings. The van der Waals surface area contributed by atoms with E-state index >= 15 is 0 Å². The standard InChI is InChI=1S/C16H18N4O/c1-3-12-8-10(2)17-16(18-12)20-14-9-11-6-4-5-7-13(11)19-15(14)21/h4-8,14H,3,9H2,1-2H3,(H,19,21)(H,17,18,20). The van der Waals surface area contributed by atoms with E-state index in [4.69, 9.17) is 0 Å². The van der Waals surface area contributed by atoms with E-state index in [0.29, 0.717) is 12.4 Å².